The molecule has 0 spiro atoms. The highest BCUT2D eigenvalue weighted by atomic mass is 16.5. The minimum absolute atomic E-state index is 0.163. The molecule has 2 atom stereocenters. The molecule has 2 aromatic carbocycles. The fourth-order valence-corrected chi connectivity index (χ4v) is 3.66. The van der Waals surface area contributed by atoms with Gasteiger partial charge in [-0.3, -0.25) is 19.6 Å². The lowest BCUT2D eigenvalue weighted by molar-refractivity contribution is -0.135. The number of carbonyl (C=O) groups excluding carboxylic acids is 3. The minimum atomic E-state index is -0.753. The van der Waals surface area contributed by atoms with Gasteiger partial charge in [-0.2, -0.15) is 0 Å². The Hall–Kier alpha value is -3.03. The van der Waals surface area contributed by atoms with Gasteiger partial charge in [0, 0.05) is 24.5 Å². The summed E-state index contributed by atoms with van der Waals surface area (Å²) in [5, 5.41) is 11.8. The number of amides is 2. The van der Waals surface area contributed by atoms with Crippen LogP contribution in [-0.4, -0.2) is 35.5 Å². The largest absolute Gasteiger partial charge is 0.377 e. The molecule has 0 aliphatic carbocycles. The van der Waals surface area contributed by atoms with Crippen molar-refractivity contribution in [3.05, 3.63) is 71.8 Å². The van der Waals surface area contributed by atoms with E-state index in [9.17, 15) is 14.4 Å². The molecule has 184 valence electrons. The number of hydrogen-bond acceptors (Lipinski definition) is 5. The van der Waals surface area contributed by atoms with Crippen molar-refractivity contribution in [1.29, 1.82) is 0 Å². The standard InChI is InChI=1S/C27H36N2O5/c1-27(2,3)25(24(31)21-14-8-5-9-15-21)28-26(32)22(18-23(30)29-33)16-10-11-17-34-19-20-12-6-4-7-13-20/h4-9,12-15,22,25,33H,10-11,16-19H2,1-3H3,(H,28,32)(H,29,30)/t22-,25-/m1/s1. The van der Waals surface area contributed by atoms with E-state index < -0.39 is 23.3 Å². The molecule has 0 heterocycles. The molecule has 0 bridgehead atoms. The maximum absolute atomic E-state index is 13.1. The molecular weight excluding hydrogens is 432 g/mol. The SMILES string of the molecule is CC(C)(C)[C@H](NC(=O)[C@H](CCCCOCc1ccccc1)CC(=O)NO)C(=O)c1ccccc1. The molecule has 34 heavy (non-hydrogen) atoms. The van der Waals surface area contributed by atoms with Crippen LogP contribution in [0.2, 0.25) is 0 Å². The number of benzene rings is 2. The van der Waals surface area contributed by atoms with Crippen LogP contribution in [0.5, 0.6) is 0 Å². The maximum atomic E-state index is 13.1. The van der Waals surface area contributed by atoms with Crippen LogP contribution in [0.4, 0.5) is 0 Å². The van der Waals surface area contributed by atoms with Gasteiger partial charge in [0.25, 0.3) is 0 Å². The Labute approximate surface area is 201 Å². The van der Waals surface area contributed by atoms with Crippen molar-refractivity contribution in [3.8, 4) is 0 Å². The summed E-state index contributed by atoms with van der Waals surface area (Å²) in [5.74, 6) is -1.86. The second-order valence-electron chi connectivity index (χ2n) is 9.51. The lowest BCUT2D eigenvalue weighted by atomic mass is 9.81. The summed E-state index contributed by atoms with van der Waals surface area (Å²) in [6, 6.07) is 17.9. The lowest BCUT2D eigenvalue weighted by Crippen LogP contribution is -2.51. The van der Waals surface area contributed by atoms with E-state index in [1.54, 1.807) is 29.7 Å². The molecule has 2 amide bonds. The molecule has 7 nitrogen and oxygen atoms in total. The molecule has 0 saturated carbocycles. The molecular formula is C27H36N2O5. The van der Waals surface area contributed by atoms with Gasteiger partial charge < -0.3 is 10.1 Å². The van der Waals surface area contributed by atoms with Crippen molar-refractivity contribution in [2.75, 3.05) is 6.61 Å². The van der Waals surface area contributed by atoms with Gasteiger partial charge in [-0.1, -0.05) is 87.9 Å². The van der Waals surface area contributed by atoms with E-state index >= 15 is 0 Å². The van der Waals surface area contributed by atoms with Crippen LogP contribution >= 0.6 is 0 Å². The fourth-order valence-electron chi connectivity index (χ4n) is 3.66. The van der Waals surface area contributed by atoms with Gasteiger partial charge in [0.2, 0.25) is 11.8 Å². The Balaban J connectivity index is 1.95. The number of unbranched alkanes of at least 4 members (excludes halogenated alkanes) is 1. The second-order valence-corrected chi connectivity index (χ2v) is 9.51. The summed E-state index contributed by atoms with van der Waals surface area (Å²) in [4.78, 5) is 38.1. The smallest absolute Gasteiger partial charge is 0.244 e. The molecule has 7 heteroatoms. The van der Waals surface area contributed by atoms with Crippen LogP contribution in [0, 0.1) is 11.3 Å². The third-order valence-corrected chi connectivity index (χ3v) is 5.60. The van der Waals surface area contributed by atoms with E-state index in [-0.39, 0.29) is 18.1 Å². The van der Waals surface area contributed by atoms with Crippen molar-refractivity contribution < 1.29 is 24.3 Å². The Morgan fingerprint density at radius 2 is 1.56 bits per heavy atom. The Morgan fingerprint density at radius 3 is 2.15 bits per heavy atom. The van der Waals surface area contributed by atoms with E-state index in [4.69, 9.17) is 9.94 Å². The summed E-state index contributed by atoms with van der Waals surface area (Å²) in [5.41, 5.74) is 2.68. The van der Waals surface area contributed by atoms with Crippen molar-refractivity contribution in [3.63, 3.8) is 0 Å². The zero-order valence-corrected chi connectivity index (χ0v) is 20.3. The maximum Gasteiger partial charge on any atom is 0.244 e. The van der Waals surface area contributed by atoms with E-state index in [0.717, 1.165) is 12.0 Å². The number of Topliss-reactive ketones (excluding diaryl/α,β-unsaturated/α-hetero) is 1. The van der Waals surface area contributed by atoms with Gasteiger partial charge in [0.15, 0.2) is 5.78 Å². The first-order valence-electron chi connectivity index (χ1n) is 11.7. The Bertz CT molecular complexity index is 910. The number of ketones is 1. The fraction of sp³-hybridized carbons (Fsp3) is 0.444. The zero-order valence-electron chi connectivity index (χ0n) is 20.3. The number of rotatable bonds is 13. The summed E-state index contributed by atoms with van der Waals surface area (Å²) >= 11 is 0. The quantitative estimate of drug-likeness (QED) is 0.176. The summed E-state index contributed by atoms with van der Waals surface area (Å²) in [6.45, 7) is 6.72. The first-order valence-corrected chi connectivity index (χ1v) is 11.7. The van der Waals surface area contributed by atoms with Crippen LogP contribution in [0.1, 0.15) is 62.4 Å². The van der Waals surface area contributed by atoms with Crippen molar-refractivity contribution >= 4 is 17.6 Å². The molecule has 3 N–H and O–H groups in total. The van der Waals surface area contributed by atoms with E-state index in [1.807, 2.05) is 57.2 Å². The highest BCUT2D eigenvalue weighted by Gasteiger charge is 2.35. The van der Waals surface area contributed by atoms with Crippen molar-refractivity contribution in [2.45, 2.75) is 59.1 Å². The minimum Gasteiger partial charge on any atom is -0.377 e. The topological polar surface area (TPSA) is 105 Å². The van der Waals surface area contributed by atoms with Crippen molar-refractivity contribution in [1.82, 2.24) is 10.8 Å². The van der Waals surface area contributed by atoms with Gasteiger partial charge >= 0.3 is 0 Å². The monoisotopic (exact) mass is 468 g/mol. The third kappa shape index (κ3) is 9.08. The highest BCUT2D eigenvalue weighted by Crippen LogP contribution is 2.24. The van der Waals surface area contributed by atoms with Crippen LogP contribution in [0.15, 0.2) is 60.7 Å². The Morgan fingerprint density at radius 1 is 0.941 bits per heavy atom. The Kier molecular flexibility index (Phi) is 10.9. The van der Waals surface area contributed by atoms with Gasteiger partial charge in [-0.15, -0.1) is 0 Å². The first-order chi connectivity index (χ1) is 16.2. The lowest BCUT2D eigenvalue weighted by Gasteiger charge is -2.31. The summed E-state index contributed by atoms with van der Waals surface area (Å²) in [7, 11) is 0. The molecule has 2 aromatic rings. The molecule has 0 fully saturated rings. The van der Waals surface area contributed by atoms with E-state index in [2.05, 4.69) is 5.32 Å². The van der Waals surface area contributed by atoms with E-state index in [0.29, 0.717) is 31.6 Å². The van der Waals surface area contributed by atoms with Gasteiger partial charge in [0.05, 0.1) is 12.6 Å². The number of nitrogens with one attached hydrogen (secondary N) is 2. The molecule has 0 saturated heterocycles. The predicted molar refractivity (Wildman–Crippen MR) is 130 cm³/mol. The van der Waals surface area contributed by atoms with Crippen LogP contribution in [0.25, 0.3) is 0 Å². The predicted octanol–water partition coefficient (Wildman–Crippen LogP) is 4.30. The van der Waals surface area contributed by atoms with Gasteiger partial charge in [-0.25, -0.2) is 5.48 Å². The van der Waals surface area contributed by atoms with Gasteiger partial charge in [-0.05, 0) is 23.8 Å². The first kappa shape index (κ1) is 27.2. The molecule has 0 unspecified atom stereocenters. The molecule has 0 radical (unpaired) electrons. The number of hydrogen-bond donors (Lipinski definition) is 3. The average Bonchev–Trinajstić information content (AvgIpc) is 2.83. The summed E-state index contributed by atoms with van der Waals surface area (Å²) in [6.07, 6.45) is 1.66. The van der Waals surface area contributed by atoms with Gasteiger partial charge in [0.1, 0.15) is 0 Å². The van der Waals surface area contributed by atoms with Crippen LogP contribution in [-0.2, 0) is 20.9 Å². The van der Waals surface area contributed by atoms with Crippen LogP contribution in [0.3, 0.4) is 0 Å². The van der Waals surface area contributed by atoms with Crippen molar-refractivity contribution in [2.24, 2.45) is 11.3 Å². The highest BCUT2D eigenvalue weighted by molar-refractivity contribution is 6.02. The molecule has 0 aliphatic rings. The third-order valence-electron chi connectivity index (χ3n) is 5.60. The van der Waals surface area contributed by atoms with E-state index in [1.165, 1.54) is 0 Å². The average molecular weight is 469 g/mol. The second kappa shape index (κ2) is 13.6. The van der Waals surface area contributed by atoms with Crippen LogP contribution < -0.4 is 10.8 Å². The molecule has 2 rings (SSSR count). The number of carbonyl (C=O) groups is 3. The summed E-state index contributed by atoms with van der Waals surface area (Å²) < 4.78 is 5.69. The number of hydroxylamine groups is 1. The normalized spacial score (nSPS) is 13.1. The molecule has 0 aromatic heterocycles. The molecule has 0 aliphatic heterocycles. The zero-order chi connectivity index (χ0) is 25.0. The number of ether oxygens (including phenoxy) is 1.